The highest BCUT2D eigenvalue weighted by atomic mass is 79.9. The summed E-state index contributed by atoms with van der Waals surface area (Å²) in [6.07, 6.45) is 1.97. The summed E-state index contributed by atoms with van der Waals surface area (Å²) in [5.41, 5.74) is 8.81. The van der Waals surface area contributed by atoms with Crippen molar-refractivity contribution in [2.24, 2.45) is 11.7 Å². The van der Waals surface area contributed by atoms with Crippen molar-refractivity contribution in [2.45, 2.75) is 46.6 Å². The SMILES string of the molecule is CCC(N)Cc1ccc(Br)cc1N(CC)CC(C)C. The molecule has 108 valence electrons. The van der Waals surface area contributed by atoms with Crippen LogP contribution in [0.1, 0.15) is 39.7 Å². The lowest BCUT2D eigenvalue weighted by atomic mass is 10.0. The second-order valence-corrected chi connectivity index (χ2v) is 6.49. The van der Waals surface area contributed by atoms with Crippen LogP contribution in [0.15, 0.2) is 22.7 Å². The minimum Gasteiger partial charge on any atom is -0.371 e. The van der Waals surface area contributed by atoms with Crippen LogP contribution in [0, 0.1) is 5.92 Å². The van der Waals surface area contributed by atoms with E-state index in [1.54, 1.807) is 0 Å². The molecule has 1 unspecified atom stereocenters. The van der Waals surface area contributed by atoms with E-state index in [1.807, 2.05) is 0 Å². The molecule has 0 saturated heterocycles. The van der Waals surface area contributed by atoms with Gasteiger partial charge in [-0.3, -0.25) is 0 Å². The van der Waals surface area contributed by atoms with E-state index in [0.717, 1.165) is 30.4 Å². The molecule has 0 aliphatic carbocycles. The van der Waals surface area contributed by atoms with Gasteiger partial charge >= 0.3 is 0 Å². The van der Waals surface area contributed by atoms with Crippen LogP contribution < -0.4 is 10.6 Å². The zero-order valence-corrected chi connectivity index (χ0v) is 14.2. The fourth-order valence-electron chi connectivity index (χ4n) is 2.27. The molecule has 0 aliphatic heterocycles. The summed E-state index contributed by atoms with van der Waals surface area (Å²) in [5.74, 6) is 0.659. The van der Waals surface area contributed by atoms with Gasteiger partial charge in [0.2, 0.25) is 0 Å². The molecule has 0 aromatic heterocycles. The van der Waals surface area contributed by atoms with E-state index in [1.165, 1.54) is 11.3 Å². The minimum atomic E-state index is 0.248. The predicted molar refractivity (Wildman–Crippen MR) is 88.8 cm³/mol. The molecular formula is C16H27BrN2. The van der Waals surface area contributed by atoms with Gasteiger partial charge in [0.25, 0.3) is 0 Å². The maximum atomic E-state index is 6.12. The number of nitrogens with two attached hydrogens (primary N) is 1. The van der Waals surface area contributed by atoms with E-state index in [9.17, 15) is 0 Å². The third-order valence-electron chi connectivity index (χ3n) is 3.36. The number of nitrogens with zero attached hydrogens (tertiary/aromatic N) is 1. The van der Waals surface area contributed by atoms with E-state index in [-0.39, 0.29) is 6.04 Å². The van der Waals surface area contributed by atoms with Crippen LogP contribution in [-0.4, -0.2) is 19.1 Å². The highest BCUT2D eigenvalue weighted by Crippen LogP contribution is 2.27. The molecule has 1 atom stereocenters. The third kappa shape index (κ3) is 5.15. The minimum absolute atomic E-state index is 0.248. The lowest BCUT2D eigenvalue weighted by Gasteiger charge is -2.28. The van der Waals surface area contributed by atoms with E-state index in [4.69, 9.17) is 5.73 Å². The van der Waals surface area contributed by atoms with Gasteiger partial charge in [0, 0.05) is 29.3 Å². The summed E-state index contributed by atoms with van der Waals surface area (Å²) in [6, 6.07) is 6.80. The Morgan fingerprint density at radius 2 is 1.95 bits per heavy atom. The number of hydrogen-bond acceptors (Lipinski definition) is 2. The predicted octanol–water partition coefficient (Wildman–Crippen LogP) is 4.21. The van der Waals surface area contributed by atoms with E-state index < -0.39 is 0 Å². The number of rotatable bonds is 7. The van der Waals surface area contributed by atoms with Gasteiger partial charge in [-0.05, 0) is 43.4 Å². The second kappa shape index (κ2) is 7.91. The van der Waals surface area contributed by atoms with Crippen molar-refractivity contribution in [1.29, 1.82) is 0 Å². The fraction of sp³-hybridized carbons (Fsp3) is 0.625. The summed E-state index contributed by atoms with van der Waals surface area (Å²) in [5, 5.41) is 0. The molecule has 2 nitrogen and oxygen atoms in total. The van der Waals surface area contributed by atoms with Gasteiger partial charge in [-0.1, -0.05) is 42.8 Å². The van der Waals surface area contributed by atoms with Crippen molar-refractivity contribution < 1.29 is 0 Å². The van der Waals surface area contributed by atoms with Gasteiger partial charge in [-0.2, -0.15) is 0 Å². The molecule has 0 bridgehead atoms. The van der Waals surface area contributed by atoms with Gasteiger partial charge in [0.15, 0.2) is 0 Å². The number of hydrogen-bond donors (Lipinski definition) is 1. The summed E-state index contributed by atoms with van der Waals surface area (Å²) >= 11 is 3.59. The van der Waals surface area contributed by atoms with Crippen molar-refractivity contribution in [3.8, 4) is 0 Å². The summed E-state index contributed by atoms with van der Waals surface area (Å²) in [6.45, 7) is 11.0. The van der Waals surface area contributed by atoms with Gasteiger partial charge < -0.3 is 10.6 Å². The fourth-order valence-corrected chi connectivity index (χ4v) is 2.62. The highest BCUT2D eigenvalue weighted by Gasteiger charge is 2.13. The zero-order valence-electron chi connectivity index (χ0n) is 12.6. The standard InChI is InChI=1S/C16H27BrN2/c1-5-15(18)9-13-7-8-14(17)10-16(13)19(6-2)11-12(3)4/h7-8,10,12,15H,5-6,9,11,18H2,1-4H3. The average molecular weight is 327 g/mol. The third-order valence-corrected chi connectivity index (χ3v) is 3.86. The number of halogens is 1. The van der Waals surface area contributed by atoms with Crippen LogP contribution in [0.25, 0.3) is 0 Å². The Hall–Kier alpha value is -0.540. The molecular weight excluding hydrogens is 300 g/mol. The molecule has 0 fully saturated rings. The van der Waals surface area contributed by atoms with Crippen molar-refractivity contribution in [1.82, 2.24) is 0 Å². The second-order valence-electron chi connectivity index (χ2n) is 5.58. The lowest BCUT2D eigenvalue weighted by molar-refractivity contribution is 0.610. The normalized spacial score (nSPS) is 12.8. The Labute approximate surface area is 126 Å². The quantitative estimate of drug-likeness (QED) is 0.813. The van der Waals surface area contributed by atoms with Gasteiger partial charge in [-0.15, -0.1) is 0 Å². The molecule has 0 amide bonds. The Bertz CT molecular complexity index is 390. The Balaban J connectivity index is 3.03. The van der Waals surface area contributed by atoms with Crippen LogP contribution in [0.3, 0.4) is 0 Å². The van der Waals surface area contributed by atoms with Crippen molar-refractivity contribution in [3.63, 3.8) is 0 Å². The molecule has 0 saturated carbocycles. The molecule has 0 radical (unpaired) electrons. The van der Waals surface area contributed by atoms with Crippen molar-refractivity contribution >= 4 is 21.6 Å². The first-order valence-corrected chi connectivity index (χ1v) is 8.06. The van der Waals surface area contributed by atoms with Crippen LogP contribution in [0.2, 0.25) is 0 Å². The maximum Gasteiger partial charge on any atom is 0.0410 e. The molecule has 0 aliphatic rings. The lowest BCUT2D eigenvalue weighted by Crippen LogP contribution is -2.29. The van der Waals surface area contributed by atoms with Crippen molar-refractivity contribution in [3.05, 3.63) is 28.2 Å². The first kappa shape index (κ1) is 16.5. The molecule has 1 aromatic rings. The zero-order chi connectivity index (χ0) is 14.4. The molecule has 0 heterocycles. The Morgan fingerprint density at radius 1 is 1.26 bits per heavy atom. The highest BCUT2D eigenvalue weighted by molar-refractivity contribution is 9.10. The van der Waals surface area contributed by atoms with Crippen LogP contribution in [-0.2, 0) is 6.42 Å². The van der Waals surface area contributed by atoms with Gasteiger partial charge in [0.05, 0.1) is 0 Å². The number of anilines is 1. The molecule has 0 spiro atoms. The van der Waals surface area contributed by atoms with Gasteiger partial charge in [0.1, 0.15) is 0 Å². The smallest absolute Gasteiger partial charge is 0.0410 e. The topological polar surface area (TPSA) is 29.3 Å². The molecule has 1 aromatic carbocycles. The number of benzene rings is 1. The molecule has 2 N–H and O–H groups in total. The first-order chi connectivity index (χ1) is 8.97. The van der Waals surface area contributed by atoms with Crippen LogP contribution in [0.5, 0.6) is 0 Å². The van der Waals surface area contributed by atoms with Gasteiger partial charge in [-0.25, -0.2) is 0 Å². The average Bonchev–Trinajstić information content (AvgIpc) is 2.37. The first-order valence-electron chi connectivity index (χ1n) is 7.26. The van der Waals surface area contributed by atoms with Crippen LogP contribution >= 0.6 is 15.9 Å². The van der Waals surface area contributed by atoms with Crippen LogP contribution in [0.4, 0.5) is 5.69 Å². The molecule has 19 heavy (non-hydrogen) atoms. The largest absolute Gasteiger partial charge is 0.371 e. The van der Waals surface area contributed by atoms with E-state index in [0.29, 0.717) is 5.92 Å². The molecule has 3 heteroatoms. The monoisotopic (exact) mass is 326 g/mol. The van der Waals surface area contributed by atoms with Crippen molar-refractivity contribution in [2.75, 3.05) is 18.0 Å². The maximum absolute atomic E-state index is 6.12. The Morgan fingerprint density at radius 3 is 2.47 bits per heavy atom. The molecule has 1 rings (SSSR count). The van der Waals surface area contributed by atoms with E-state index >= 15 is 0 Å². The summed E-state index contributed by atoms with van der Waals surface area (Å²) in [7, 11) is 0. The Kier molecular flexibility index (Phi) is 6.87. The summed E-state index contributed by atoms with van der Waals surface area (Å²) < 4.78 is 1.14. The summed E-state index contributed by atoms with van der Waals surface area (Å²) in [4.78, 5) is 2.45. The van der Waals surface area contributed by atoms with E-state index in [2.05, 4.69) is 66.7 Å².